The normalized spacial score (nSPS) is 11.8. The number of carbonyl (C=O) groups is 2. The van der Waals surface area contributed by atoms with Crippen LogP contribution in [0.2, 0.25) is 0 Å². The van der Waals surface area contributed by atoms with Crippen LogP contribution in [-0.2, 0) is 25.6 Å². The fourth-order valence-corrected chi connectivity index (χ4v) is 3.58. The molecule has 0 saturated heterocycles. The number of carbonyl (C=O) groups excluding carboxylic acids is 2. The molecular weight excluding hydrogens is 454 g/mol. The number of hydrogen-bond acceptors (Lipinski definition) is 6. The van der Waals surface area contributed by atoms with Crippen LogP contribution in [-0.4, -0.2) is 37.3 Å². The zero-order valence-electron chi connectivity index (χ0n) is 22.6. The van der Waals surface area contributed by atoms with Crippen LogP contribution in [0.4, 0.5) is 0 Å². The highest BCUT2D eigenvalue weighted by Crippen LogP contribution is 2.33. The van der Waals surface area contributed by atoms with Gasteiger partial charge in [-0.15, -0.1) is 0 Å². The van der Waals surface area contributed by atoms with E-state index in [9.17, 15) is 9.59 Å². The molecule has 2 aromatic rings. The van der Waals surface area contributed by atoms with Crippen LogP contribution in [0.15, 0.2) is 48.0 Å². The average molecular weight is 496 g/mol. The van der Waals surface area contributed by atoms with Gasteiger partial charge in [-0.1, -0.05) is 50.6 Å². The summed E-state index contributed by atoms with van der Waals surface area (Å²) in [5, 5.41) is 3.16. The first-order valence-corrected chi connectivity index (χ1v) is 12.8. The van der Waals surface area contributed by atoms with E-state index in [-0.39, 0.29) is 18.5 Å². The molecule has 0 bridgehead atoms. The maximum atomic E-state index is 12.2. The van der Waals surface area contributed by atoms with Crippen LogP contribution in [0.3, 0.4) is 0 Å². The van der Waals surface area contributed by atoms with Gasteiger partial charge in [-0.05, 0) is 75.4 Å². The maximum Gasteiger partial charge on any atom is 0.333 e. The molecule has 0 unspecified atom stereocenters. The summed E-state index contributed by atoms with van der Waals surface area (Å²) in [6.45, 7) is 13.1. The molecule has 0 aromatic heterocycles. The van der Waals surface area contributed by atoms with Crippen molar-refractivity contribution in [3.63, 3.8) is 0 Å². The predicted octanol–water partition coefficient (Wildman–Crippen LogP) is 6.32. The molecule has 0 fully saturated rings. The second-order valence-electron chi connectivity index (χ2n) is 9.59. The van der Waals surface area contributed by atoms with E-state index < -0.39 is 5.60 Å². The summed E-state index contributed by atoms with van der Waals surface area (Å²) in [6.07, 6.45) is 4.45. The second kappa shape index (κ2) is 14.4. The van der Waals surface area contributed by atoms with E-state index >= 15 is 0 Å². The summed E-state index contributed by atoms with van der Waals surface area (Å²) in [5.74, 6) is 0.211. The van der Waals surface area contributed by atoms with E-state index in [4.69, 9.17) is 14.2 Å². The number of hydrogen-bond donors (Lipinski definition) is 1. The third-order valence-corrected chi connectivity index (χ3v) is 5.28. The van der Waals surface area contributed by atoms with Crippen molar-refractivity contribution >= 4 is 18.0 Å². The van der Waals surface area contributed by atoms with Crippen LogP contribution in [0.25, 0.3) is 17.2 Å². The Morgan fingerprint density at radius 1 is 1.03 bits per heavy atom. The average Bonchev–Trinajstić information content (AvgIpc) is 2.82. The molecule has 0 heterocycles. The molecule has 0 atom stereocenters. The fourth-order valence-electron chi connectivity index (χ4n) is 3.58. The minimum atomic E-state index is -0.498. The van der Waals surface area contributed by atoms with E-state index in [0.717, 1.165) is 40.8 Å². The number of esters is 2. The van der Waals surface area contributed by atoms with Gasteiger partial charge in [-0.25, -0.2) is 4.79 Å². The van der Waals surface area contributed by atoms with Crippen molar-refractivity contribution in [2.75, 3.05) is 19.8 Å². The first-order chi connectivity index (χ1) is 17.2. The van der Waals surface area contributed by atoms with E-state index in [0.29, 0.717) is 31.8 Å². The highest BCUT2D eigenvalue weighted by Gasteiger charge is 2.16. The van der Waals surface area contributed by atoms with Crippen LogP contribution >= 0.6 is 0 Å². The lowest BCUT2D eigenvalue weighted by Crippen LogP contribution is -2.31. The molecule has 2 rings (SSSR count). The topological polar surface area (TPSA) is 73.9 Å². The summed E-state index contributed by atoms with van der Waals surface area (Å²) in [5.41, 5.74) is 4.08. The quantitative estimate of drug-likeness (QED) is 0.199. The summed E-state index contributed by atoms with van der Waals surface area (Å²) in [6, 6.07) is 14.2. The van der Waals surface area contributed by atoms with Gasteiger partial charge in [0.2, 0.25) is 0 Å². The molecule has 0 spiro atoms. The Morgan fingerprint density at radius 3 is 2.47 bits per heavy atom. The number of ether oxygens (including phenoxy) is 3. The van der Waals surface area contributed by atoms with Gasteiger partial charge in [0.15, 0.2) is 0 Å². The van der Waals surface area contributed by atoms with Gasteiger partial charge in [0.1, 0.15) is 11.4 Å². The van der Waals surface area contributed by atoms with Gasteiger partial charge in [0.25, 0.3) is 0 Å². The third-order valence-electron chi connectivity index (χ3n) is 5.28. The molecule has 0 aliphatic heterocycles. The summed E-state index contributed by atoms with van der Waals surface area (Å²) in [7, 11) is 0. The summed E-state index contributed by atoms with van der Waals surface area (Å²) >= 11 is 0. The Balaban J connectivity index is 2.25. The molecule has 0 aliphatic rings. The zero-order valence-corrected chi connectivity index (χ0v) is 22.6. The van der Waals surface area contributed by atoms with Crippen LogP contribution in [0.1, 0.15) is 71.9 Å². The van der Waals surface area contributed by atoms with E-state index in [1.165, 1.54) is 0 Å². The monoisotopic (exact) mass is 495 g/mol. The highest BCUT2D eigenvalue weighted by molar-refractivity contribution is 5.93. The van der Waals surface area contributed by atoms with Gasteiger partial charge >= 0.3 is 11.9 Å². The number of rotatable bonds is 13. The van der Waals surface area contributed by atoms with Crippen molar-refractivity contribution in [2.45, 2.75) is 73.0 Å². The van der Waals surface area contributed by atoms with Crippen molar-refractivity contribution in [3.8, 4) is 16.9 Å². The van der Waals surface area contributed by atoms with Gasteiger partial charge in [0, 0.05) is 17.7 Å². The molecule has 2 aromatic carbocycles. The lowest BCUT2D eigenvalue weighted by molar-refractivity contribution is -0.153. The molecule has 36 heavy (non-hydrogen) atoms. The third kappa shape index (κ3) is 9.86. The number of nitrogens with one attached hydrogen (secondary N) is 1. The van der Waals surface area contributed by atoms with E-state index in [1.807, 2.05) is 70.2 Å². The molecule has 0 radical (unpaired) electrons. The summed E-state index contributed by atoms with van der Waals surface area (Å²) < 4.78 is 16.7. The molecule has 6 heteroatoms. The predicted molar refractivity (Wildman–Crippen MR) is 145 cm³/mol. The smallest absolute Gasteiger partial charge is 0.333 e. The Kier molecular flexibility index (Phi) is 11.7. The minimum Gasteiger partial charge on any atom is -0.493 e. The van der Waals surface area contributed by atoms with Crippen molar-refractivity contribution in [2.24, 2.45) is 0 Å². The van der Waals surface area contributed by atoms with Gasteiger partial charge < -0.3 is 19.5 Å². The standard InChI is InChI=1S/C30H41NO5/c1-7-10-16-35-27-19-22(17-24(8-2)29(33)34-9-3)14-15-26(27)25-13-11-12-23(18-25)20-31-21-28(32)36-30(4,5)6/h11-15,17-19,31H,7-10,16,20-21H2,1-6H3. The Labute approximate surface area is 216 Å². The molecule has 0 aliphatic carbocycles. The van der Waals surface area contributed by atoms with E-state index in [2.05, 4.69) is 18.3 Å². The van der Waals surface area contributed by atoms with Crippen LogP contribution in [0.5, 0.6) is 5.75 Å². The van der Waals surface area contributed by atoms with Gasteiger partial charge in [-0.3, -0.25) is 4.79 Å². The van der Waals surface area contributed by atoms with Gasteiger partial charge in [-0.2, -0.15) is 0 Å². The molecule has 196 valence electrons. The minimum absolute atomic E-state index is 0.147. The van der Waals surface area contributed by atoms with Gasteiger partial charge in [0.05, 0.1) is 19.8 Å². The molecule has 6 nitrogen and oxygen atoms in total. The molecule has 1 N–H and O–H groups in total. The highest BCUT2D eigenvalue weighted by atomic mass is 16.6. The van der Waals surface area contributed by atoms with Crippen molar-refractivity contribution in [1.29, 1.82) is 0 Å². The molecular formula is C30H41NO5. The Bertz CT molecular complexity index is 1040. The van der Waals surface area contributed by atoms with Crippen molar-refractivity contribution < 1.29 is 23.8 Å². The first-order valence-electron chi connectivity index (χ1n) is 12.8. The van der Waals surface area contributed by atoms with E-state index in [1.54, 1.807) is 6.92 Å². The molecule has 0 amide bonds. The largest absolute Gasteiger partial charge is 0.493 e. The van der Waals surface area contributed by atoms with Crippen molar-refractivity contribution in [3.05, 3.63) is 59.2 Å². The first kappa shape index (κ1) is 29.1. The summed E-state index contributed by atoms with van der Waals surface area (Å²) in [4.78, 5) is 24.2. The maximum absolute atomic E-state index is 12.2. The van der Waals surface area contributed by atoms with Crippen molar-refractivity contribution in [1.82, 2.24) is 5.32 Å². The lowest BCUT2D eigenvalue weighted by atomic mass is 9.99. The zero-order chi connectivity index (χ0) is 26.6. The van der Waals surface area contributed by atoms with Crippen LogP contribution in [0, 0.1) is 0 Å². The Morgan fingerprint density at radius 2 is 1.81 bits per heavy atom. The Hall–Kier alpha value is -3.12. The number of unbranched alkanes of at least 4 members (excludes halogenated alkanes) is 1. The SMILES string of the molecule is CCCCOc1cc(C=C(CC)C(=O)OCC)ccc1-c1cccc(CNCC(=O)OC(C)(C)C)c1. The van der Waals surface area contributed by atoms with Crippen LogP contribution < -0.4 is 10.1 Å². The lowest BCUT2D eigenvalue weighted by Gasteiger charge is -2.19. The second-order valence-corrected chi connectivity index (χ2v) is 9.59. The number of benzene rings is 2. The molecule has 0 saturated carbocycles. The fraction of sp³-hybridized carbons (Fsp3) is 0.467.